The summed E-state index contributed by atoms with van der Waals surface area (Å²) in [6, 6.07) is 14.4. The van der Waals surface area contributed by atoms with Gasteiger partial charge >= 0.3 is 0 Å². The molecule has 1 aromatic heterocycles. The number of halogens is 2. The third-order valence-electron chi connectivity index (χ3n) is 3.16. The predicted octanol–water partition coefficient (Wildman–Crippen LogP) is 6.06. The molecule has 0 amide bonds. The molecule has 0 aliphatic carbocycles. The van der Waals surface area contributed by atoms with Gasteiger partial charge in [0, 0.05) is 20.8 Å². The first-order chi connectivity index (χ1) is 10.8. The van der Waals surface area contributed by atoms with E-state index in [1.165, 1.54) is 11.5 Å². The molecule has 5 heteroatoms. The van der Waals surface area contributed by atoms with Crippen LogP contribution in [-0.2, 0) is 0 Å². The Bertz CT molecular complexity index is 796. The van der Waals surface area contributed by atoms with Crippen LogP contribution >= 0.6 is 43.4 Å². The first-order valence-electron chi connectivity index (χ1n) is 6.77. The number of ether oxygens (including phenoxy) is 1. The summed E-state index contributed by atoms with van der Waals surface area (Å²) in [5, 5.41) is 2.01. The highest BCUT2D eigenvalue weighted by Gasteiger charge is 2.09. The molecule has 112 valence electrons. The number of hydrogen-bond acceptors (Lipinski definition) is 3. The first kappa shape index (κ1) is 15.7. The molecule has 0 spiro atoms. The van der Waals surface area contributed by atoms with E-state index in [1.54, 1.807) is 0 Å². The van der Waals surface area contributed by atoms with Crippen LogP contribution in [0.4, 0.5) is 0 Å². The Morgan fingerprint density at radius 1 is 1.09 bits per heavy atom. The van der Waals surface area contributed by atoms with Crippen LogP contribution in [0.3, 0.4) is 0 Å². The number of alkyl halides is 1. The average molecular weight is 439 g/mol. The molecular formula is C17H13Br2NOS. The van der Waals surface area contributed by atoms with E-state index in [0.717, 1.165) is 36.9 Å². The van der Waals surface area contributed by atoms with Crippen LogP contribution in [0.25, 0.3) is 21.3 Å². The van der Waals surface area contributed by atoms with Gasteiger partial charge in [-0.15, -0.1) is 0 Å². The van der Waals surface area contributed by atoms with E-state index >= 15 is 0 Å². The zero-order chi connectivity index (χ0) is 15.4. The largest absolute Gasteiger partial charge is 0.489 e. The maximum Gasteiger partial charge on any atom is 0.121 e. The number of nitrogens with zero attached hydrogens (tertiary/aromatic N) is 1. The lowest BCUT2D eigenvalue weighted by Crippen LogP contribution is -1.92. The molecule has 0 atom stereocenters. The van der Waals surface area contributed by atoms with E-state index in [4.69, 9.17) is 4.74 Å². The molecule has 0 bridgehead atoms. The fourth-order valence-electron chi connectivity index (χ4n) is 2.10. The average Bonchev–Trinajstić information content (AvgIpc) is 2.95. The Morgan fingerprint density at radius 3 is 2.68 bits per heavy atom. The number of hydrogen-bond donors (Lipinski definition) is 0. The van der Waals surface area contributed by atoms with Crippen molar-refractivity contribution in [1.82, 2.24) is 4.37 Å². The Labute approximate surface area is 150 Å². The topological polar surface area (TPSA) is 22.1 Å². The number of allylic oxidation sites excluding steroid dienone is 1. The quantitative estimate of drug-likeness (QED) is 0.357. The Kier molecular flexibility index (Phi) is 5.28. The van der Waals surface area contributed by atoms with E-state index in [-0.39, 0.29) is 0 Å². The number of fused-ring (bicyclic) bond motifs is 1. The van der Waals surface area contributed by atoms with Gasteiger partial charge in [-0.2, -0.15) is 4.37 Å². The second-order valence-electron chi connectivity index (χ2n) is 4.63. The first-order valence-corrected chi connectivity index (χ1v) is 9.46. The van der Waals surface area contributed by atoms with E-state index in [9.17, 15) is 0 Å². The molecule has 0 fully saturated rings. The van der Waals surface area contributed by atoms with Crippen molar-refractivity contribution < 1.29 is 4.74 Å². The van der Waals surface area contributed by atoms with Crippen LogP contribution in [0.2, 0.25) is 0 Å². The van der Waals surface area contributed by atoms with Gasteiger partial charge in [0.1, 0.15) is 12.4 Å². The fourth-order valence-corrected chi connectivity index (χ4v) is 3.45. The Morgan fingerprint density at radius 2 is 1.91 bits per heavy atom. The summed E-state index contributed by atoms with van der Waals surface area (Å²) in [5.41, 5.74) is 2.15. The standard InChI is InChI=1S/C17H13Br2NOS/c18-9-1-2-10-21-14-7-8-15-16(11-14)22-20-17(15)12-3-5-13(19)6-4-12/h1-8,11H,9-10H2/b2-1+. The van der Waals surface area contributed by atoms with Gasteiger partial charge in [-0.3, -0.25) is 0 Å². The summed E-state index contributed by atoms with van der Waals surface area (Å²) >= 11 is 8.31. The second kappa shape index (κ2) is 7.40. The van der Waals surface area contributed by atoms with E-state index < -0.39 is 0 Å². The molecule has 0 unspecified atom stereocenters. The molecule has 0 aliphatic heterocycles. The molecule has 3 rings (SSSR count). The monoisotopic (exact) mass is 437 g/mol. The van der Waals surface area contributed by atoms with Gasteiger partial charge in [-0.05, 0) is 41.9 Å². The summed E-state index contributed by atoms with van der Waals surface area (Å²) in [6.07, 6.45) is 4.02. The van der Waals surface area contributed by atoms with Gasteiger partial charge in [0.25, 0.3) is 0 Å². The minimum Gasteiger partial charge on any atom is -0.489 e. The van der Waals surface area contributed by atoms with Crippen molar-refractivity contribution in [2.24, 2.45) is 0 Å². The van der Waals surface area contributed by atoms with Gasteiger partial charge < -0.3 is 4.74 Å². The van der Waals surface area contributed by atoms with Crippen LogP contribution in [0.5, 0.6) is 5.75 Å². The molecule has 22 heavy (non-hydrogen) atoms. The molecule has 0 N–H and O–H groups in total. The van der Waals surface area contributed by atoms with Gasteiger partial charge in [-0.1, -0.05) is 56.1 Å². The highest BCUT2D eigenvalue weighted by atomic mass is 79.9. The fraction of sp³-hybridized carbons (Fsp3) is 0.118. The molecule has 0 aliphatic rings. The lowest BCUT2D eigenvalue weighted by molar-refractivity contribution is 0.363. The number of benzene rings is 2. The second-order valence-corrected chi connectivity index (χ2v) is 7.00. The summed E-state index contributed by atoms with van der Waals surface area (Å²) < 4.78 is 12.5. The summed E-state index contributed by atoms with van der Waals surface area (Å²) in [4.78, 5) is 0. The van der Waals surface area contributed by atoms with Crippen molar-refractivity contribution in [3.05, 3.63) is 59.1 Å². The zero-order valence-corrected chi connectivity index (χ0v) is 15.6. The SMILES string of the molecule is BrC/C=C/COc1ccc2c(-c3ccc(Br)cc3)nsc2c1. The van der Waals surface area contributed by atoms with Crippen LogP contribution in [0.1, 0.15) is 0 Å². The van der Waals surface area contributed by atoms with Gasteiger partial charge in [0.15, 0.2) is 0 Å². The van der Waals surface area contributed by atoms with Crippen LogP contribution < -0.4 is 4.74 Å². The molecule has 3 aromatic rings. The molecule has 0 radical (unpaired) electrons. The normalized spacial score (nSPS) is 11.4. The summed E-state index contributed by atoms with van der Waals surface area (Å²) in [5.74, 6) is 0.873. The lowest BCUT2D eigenvalue weighted by atomic mass is 10.1. The molecule has 0 saturated carbocycles. The van der Waals surface area contributed by atoms with Crippen molar-refractivity contribution in [1.29, 1.82) is 0 Å². The highest BCUT2D eigenvalue weighted by Crippen LogP contribution is 2.33. The maximum atomic E-state index is 5.71. The van der Waals surface area contributed by atoms with Crippen molar-refractivity contribution in [3.63, 3.8) is 0 Å². The summed E-state index contributed by atoms with van der Waals surface area (Å²) in [6.45, 7) is 0.579. The minimum atomic E-state index is 0.579. The van der Waals surface area contributed by atoms with Crippen molar-refractivity contribution in [2.75, 3.05) is 11.9 Å². The molecule has 2 aromatic carbocycles. The van der Waals surface area contributed by atoms with Crippen molar-refractivity contribution in [2.45, 2.75) is 0 Å². The number of rotatable bonds is 5. The highest BCUT2D eigenvalue weighted by molar-refractivity contribution is 9.10. The van der Waals surface area contributed by atoms with Crippen LogP contribution in [0.15, 0.2) is 59.1 Å². The van der Waals surface area contributed by atoms with Crippen molar-refractivity contribution in [3.8, 4) is 17.0 Å². The molecule has 1 heterocycles. The van der Waals surface area contributed by atoms with Gasteiger partial charge in [-0.25, -0.2) is 0 Å². The third kappa shape index (κ3) is 3.59. The Hall–Kier alpha value is -1.17. The molecular weight excluding hydrogens is 426 g/mol. The number of aromatic nitrogens is 1. The van der Waals surface area contributed by atoms with Crippen LogP contribution in [-0.4, -0.2) is 16.3 Å². The van der Waals surface area contributed by atoms with E-state index in [1.807, 2.05) is 30.4 Å². The smallest absolute Gasteiger partial charge is 0.121 e. The lowest BCUT2D eigenvalue weighted by Gasteiger charge is -2.03. The molecule has 2 nitrogen and oxygen atoms in total. The van der Waals surface area contributed by atoms with Crippen molar-refractivity contribution >= 4 is 53.5 Å². The summed E-state index contributed by atoms with van der Waals surface area (Å²) in [7, 11) is 0. The van der Waals surface area contributed by atoms with Gasteiger partial charge in [0.2, 0.25) is 0 Å². The van der Waals surface area contributed by atoms with Gasteiger partial charge in [0.05, 0.1) is 10.4 Å². The third-order valence-corrected chi connectivity index (χ3v) is 4.87. The predicted molar refractivity (Wildman–Crippen MR) is 101 cm³/mol. The zero-order valence-electron chi connectivity index (χ0n) is 11.6. The van der Waals surface area contributed by atoms with E-state index in [2.05, 4.69) is 60.5 Å². The Balaban J connectivity index is 1.86. The molecule has 0 saturated heterocycles. The van der Waals surface area contributed by atoms with Crippen LogP contribution in [0, 0.1) is 0 Å². The van der Waals surface area contributed by atoms with E-state index in [0.29, 0.717) is 6.61 Å². The maximum absolute atomic E-state index is 5.71. The minimum absolute atomic E-state index is 0.579.